The topological polar surface area (TPSA) is 23.5 Å². The van der Waals surface area contributed by atoms with Crippen LogP contribution in [0.5, 0.6) is 0 Å². The molecule has 23 heavy (non-hydrogen) atoms. The van der Waals surface area contributed by atoms with Crippen molar-refractivity contribution in [3.63, 3.8) is 0 Å². The van der Waals surface area contributed by atoms with Crippen LogP contribution in [0.3, 0.4) is 0 Å². The van der Waals surface area contributed by atoms with Gasteiger partial charge in [0.15, 0.2) is 0 Å². The minimum atomic E-state index is -0.639. The second-order valence-electron chi connectivity index (χ2n) is 6.72. The summed E-state index contributed by atoms with van der Waals surface area (Å²) in [5.74, 6) is 0. The highest BCUT2D eigenvalue weighted by atomic mass is 16.3. The van der Waals surface area contributed by atoms with Crippen molar-refractivity contribution in [3.8, 4) is 0 Å². The maximum atomic E-state index is 10.7. The van der Waals surface area contributed by atoms with Crippen LogP contribution in [0.2, 0.25) is 0 Å². The summed E-state index contributed by atoms with van der Waals surface area (Å²) in [6.45, 7) is 6.54. The molecule has 0 heterocycles. The molecule has 0 bridgehead atoms. The van der Waals surface area contributed by atoms with Crippen molar-refractivity contribution in [2.75, 3.05) is 6.54 Å². The molecule has 0 saturated heterocycles. The van der Waals surface area contributed by atoms with Gasteiger partial charge in [-0.15, -0.1) is 0 Å². The van der Waals surface area contributed by atoms with Gasteiger partial charge in [0.1, 0.15) is 0 Å². The van der Waals surface area contributed by atoms with Gasteiger partial charge in [0.05, 0.1) is 5.60 Å². The Balaban J connectivity index is 2.07. The summed E-state index contributed by atoms with van der Waals surface area (Å²) in [6.07, 6.45) is 3.04. The van der Waals surface area contributed by atoms with E-state index in [0.717, 1.165) is 32.4 Å². The van der Waals surface area contributed by atoms with Crippen molar-refractivity contribution >= 4 is 0 Å². The first-order chi connectivity index (χ1) is 11.1. The molecule has 0 aliphatic carbocycles. The molecule has 1 N–H and O–H groups in total. The van der Waals surface area contributed by atoms with E-state index < -0.39 is 5.60 Å². The molecular weight excluding hydrogens is 282 g/mol. The lowest BCUT2D eigenvalue weighted by atomic mass is 9.98. The van der Waals surface area contributed by atoms with Crippen LogP contribution in [0.15, 0.2) is 60.7 Å². The molecule has 2 aromatic carbocycles. The normalized spacial score (nSPS) is 13.9. The van der Waals surface area contributed by atoms with E-state index in [1.165, 1.54) is 11.1 Å². The van der Waals surface area contributed by atoms with Crippen molar-refractivity contribution in [3.05, 3.63) is 71.8 Å². The fraction of sp³-hybridized carbons (Fsp3) is 0.429. The molecule has 2 heteroatoms. The zero-order valence-electron chi connectivity index (χ0n) is 14.4. The highest BCUT2D eigenvalue weighted by Gasteiger charge is 2.23. The second-order valence-corrected chi connectivity index (χ2v) is 6.72. The number of nitrogens with zero attached hydrogens (tertiary/aromatic N) is 1. The standard InChI is InChI=1S/C21H29NO/c1-3-4-15-21(2,23)18-22(16-19-11-7-5-8-12-19)17-20-13-9-6-10-14-20/h5-14,23H,3-4,15-18H2,1-2H3. The molecule has 0 aliphatic rings. The predicted octanol–water partition coefficient (Wildman–Crippen LogP) is 4.63. The average molecular weight is 311 g/mol. The van der Waals surface area contributed by atoms with Gasteiger partial charge in [0, 0.05) is 19.6 Å². The van der Waals surface area contributed by atoms with E-state index in [0.29, 0.717) is 6.54 Å². The van der Waals surface area contributed by atoms with Crippen molar-refractivity contribution in [1.29, 1.82) is 0 Å². The molecule has 2 rings (SSSR count). The predicted molar refractivity (Wildman–Crippen MR) is 97.1 cm³/mol. The van der Waals surface area contributed by atoms with Crippen molar-refractivity contribution in [2.45, 2.75) is 51.8 Å². The summed E-state index contributed by atoms with van der Waals surface area (Å²) in [6, 6.07) is 21.0. The molecule has 0 aliphatic heterocycles. The molecule has 1 atom stereocenters. The van der Waals surface area contributed by atoms with Gasteiger partial charge >= 0.3 is 0 Å². The monoisotopic (exact) mass is 311 g/mol. The Hall–Kier alpha value is -1.64. The third-order valence-electron chi connectivity index (χ3n) is 4.13. The lowest BCUT2D eigenvalue weighted by Crippen LogP contribution is -2.40. The Bertz CT molecular complexity index is 509. The van der Waals surface area contributed by atoms with Gasteiger partial charge in [-0.25, -0.2) is 0 Å². The van der Waals surface area contributed by atoms with Crippen LogP contribution in [0.1, 0.15) is 44.2 Å². The minimum absolute atomic E-state index is 0.639. The number of aliphatic hydroxyl groups is 1. The first-order valence-electron chi connectivity index (χ1n) is 8.61. The maximum Gasteiger partial charge on any atom is 0.0746 e. The SMILES string of the molecule is CCCCC(C)(O)CN(Cc1ccccc1)Cc1ccccc1. The Kier molecular flexibility index (Phi) is 6.82. The zero-order chi connectivity index (χ0) is 16.5. The van der Waals surface area contributed by atoms with E-state index in [-0.39, 0.29) is 0 Å². The molecule has 124 valence electrons. The lowest BCUT2D eigenvalue weighted by molar-refractivity contribution is 0.00575. The number of hydrogen-bond acceptors (Lipinski definition) is 2. The van der Waals surface area contributed by atoms with Gasteiger partial charge in [0.25, 0.3) is 0 Å². The summed E-state index contributed by atoms with van der Waals surface area (Å²) in [5, 5.41) is 10.7. The first kappa shape index (κ1) is 17.7. The Labute approximate surface area is 140 Å². The summed E-state index contributed by atoms with van der Waals surface area (Å²) in [4.78, 5) is 2.35. The third kappa shape index (κ3) is 6.55. The Morgan fingerprint density at radius 3 is 1.78 bits per heavy atom. The van der Waals surface area contributed by atoms with Crippen molar-refractivity contribution in [2.24, 2.45) is 0 Å². The van der Waals surface area contributed by atoms with E-state index in [2.05, 4.69) is 60.4 Å². The summed E-state index contributed by atoms with van der Waals surface area (Å²) in [7, 11) is 0. The van der Waals surface area contributed by atoms with Crippen LogP contribution in [0, 0.1) is 0 Å². The first-order valence-corrected chi connectivity index (χ1v) is 8.61. The molecule has 2 aromatic rings. The fourth-order valence-corrected chi connectivity index (χ4v) is 2.97. The van der Waals surface area contributed by atoms with Gasteiger partial charge in [0.2, 0.25) is 0 Å². The molecule has 0 fully saturated rings. The van der Waals surface area contributed by atoms with Crippen molar-refractivity contribution in [1.82, 2.24) is 4.90 Å². The lowest BCUT2D eigenvalue weighted by Gasteiger charge is -2.32. The second kappa shape index (κ2) is 8.85. The van der Waals surface area contributed by atoms with Gasteiger partial charge in [-0.05, 0) is 24.5 Å². The largest absolute Gasteiger partial charge is 0.389 e. The van der Waals surface area contributed by atoms with Gasteiger partial charge in [-0.3, -0.25) is 4.90 Å². The number of rotatable bonds is 9. The van der Waals surface area contributed by atoms with Crippen LogP contribution in [-0.2, 0) is 13.1 Å². The van der Waals surface area contributed by atoms with E-state index in [9.17, 15) is 5.11 Å². The molecule has 0 spiro atoms. The van der Waals surface area contributed by atoms with Crippen LogP contribution in [-0.4, -0.2) is 22.2 Å². The van der Waals surface area contributed by atoms with Gasteiger partial charge < -0.3 is 5.11 Å². The van der Waals surface area contributed by atoms with Crippen LogP contribution in [0.4, 0.5) is 0 Å². The summed E-state index contributed by atoms with van der Waals surface area (Å²) in [5.41, 5.74) is 1.93. The molecule has 1 unspecified atom stereocenters. The zero-order valence-corrected chi connectivity index (χ0v) is 14.4. The molecule has 0 amide bonds. The fourth-order valence-electron chi connectivity index (χ4n) is 2.97. The smallest absolute Gasteiger partial charge is 0.0746 e. The van der Waals surface area contributed by atoms with Crippen LogP contribution < -0.4 is 0 Å². The van der Waals surface area contributed by atoms with Crippen LogP contribution >= 0.6 is 0 Å². The highest BCUT2D eigenvalue weighted by molar-refractivity contribution is 5.17. The molecule has 2 nitrogen and oxygen atoms in total. The summed E-state index contributed by atoms with van der Waals surface area (Å²) >= 11 is 0. The van der Waals surface area contributed by atoms with Gasteiger partial charge in [-0.2, -0.15) is 0 Å². The number of hydrogen-bond donors (Lipinski definition) is 1. The average Bonchev–Trinajstić information content (AvgIpc) is 2.54. The van der Waals surface area contributed by atoms with Gasteiger partial charge in [-0.1, -0.05) is 80.4 Å². The Morgan fingerprint density at radius 2 is 1.35 bits per heavy atom. The number of benzene rings is 2. The molecular formula is C21H29NO. The molecule has 0 saturated carbocycles. The maximum absolute atomic E-state index is 10.7. The highest BCUT2D eigenvalue weighted by Crippen LogP contribution is 2.19. The van der Waals surface area contributed by atoms with Crippen molar-refractivity contribution < 1.29 is 5.11 Å². The van der Waals surface area contributed by atoms with Crippen LogP contribution in [0.25, 0.3) is 0 Å². The Morgan fingerprint density at radius 1 is 0.870 bits per heavy atom. The number of unbranched alkanes of at least 4 members (excludes halogenated alkanes) is 1. The third-order valence-corrected chi connectivity index (χ3v) is 4.13. The summed E-state index contributed by atoms with van der Waals surface area (Å²) < 4.78 is 0. The van der Waals surface area contributed by atoms with E-state index in [1.54, 1.807) is 0 Å². The van der Waals surface area contributed by atoms with E-state index in [1.807, 2.05) is 19.1 Å². The van der Waals surface area contributed by atoms with E-state index in [4.69, 9.17) is 0 Å². The minimum Gasteiger partial charge on any atom is -0.389 e. The molecule has 0 aromatic heterocycles. The molecule has 0 radical (unpaired) electrons. The quantitative estimate of drug-likeness (QED) is 0.730. The van der Waals surface area contributed by atoms with E-state index >= 15 is 0 Å².